The maximum atomic E-state index is 13.1. The topological polar surface area (TPSA) is 64.0 Å². The van der Waals surface area contributed by atoms with E-state index >= 15 is 0 Å². The molecule has 1 aliphatic rings. The number of hydrogen-bond donors (Lipinski definition) is 1. The summed E-state index contributed by atoms with van der Waals surface area (Å²) in [5.41, 5.74) is 3.71. The van der Waals surface area contributed by atoms with Gasteiger partial charge in [0.05, 0.1) is 11.1 Å². The van der Waals surface area contributed by atoms with Crippen molar-refractivity contribution in [3.05, 3.63) is 63.9 Å². The van der Waals surface area contributed by atoms with E-state index in [1.807, 2.05) is 38.1 Å². The first kappa shape index (κ1) is 20.3. The highest BCUT2D eigenvalue weighted by atomic mass is 16.2. The van der Waals surface area contributed by atoms with E-state index in [0.29, 0.717) is 11.3 Å². The van der Waals surface area contributed by atoms with E-state index in [9.17, 15) is 9.59 Å². The Morgan fingerprint density at radius 1 is 1.10 bits per heavy atom. The molecule has 0 radical (unpaired) electrons. The lowest BCUT2D eigenvalue weighted by Gasteiger charge is -2.29. The first-order valence-electron chi connectivity index (χ1n) is 10.8. The van der Waals surface area contributed by atoms with Gasteiger partial charge in [0.2, 0.25) is 5.91 Å². The summed E-state index contributed by atoms with van der Waals surface area (Å²) in [5, 5.41) is 9.20. The third-order valence-electron chi connectivity index (χ3n) is 6.27. The van der Waals surface area contributed by atoms with Gasteiger partial charge in [-0.05, 0) is 50.3 Å². The van der Waals surface area contributed by atoms with E-state index in [2.05, 4.69) is 35.5 Å². The van der Waals surface area contributed by atoms with Gasteiger partial charge in [0.15, 0.2) is 0 Å². The van der Waals surface area contributed by atoms with Crippen LogP contribution in [0.5, 0.6) is 0 Å². The number of carbonyl (C=O) groups excluding carboxylic acids is 1. The molecule has 156 valence electrons. The van der Waals surface area contributed by atoms with Gasteiger partial charge in [-0.3, -0.25) is 9.59 Å². The largest absolute Gasteiger partial charge is 0.351 e. The molecule has 1 amide bonds. The van der Waals surface area contributed by atoms with E-state index in [-0.39, 0.29) is 24.1 Å². The zero-order valence-electron chi connectivity index (χ0n) is 17.9. The molecule has 1 N–H and O–H groups in total. The van der Waals surface area contributed by atoms with Crippen molar-refractivity contribution in [1.82, 2.24) is 15.1 Å². The van der Waals surface area contributed by atoms with Gasteiger partial charge >= 0.3 is 0 Å². The Hall–Kier alpha value is -2.95. The molecule has 0 bridgehead atoms. The maximum absolute atomic E-state index is 13.1. The van der Waals surface area contributed by atoms with Crippen LogP contribution in [0.1, 0.15) is 43.7 Å². The monoisotopic (exact) mass is 403 g/mol. The van der Waals surface area contributed by atoms with Crippen LogP contribution in [-0.4, -0.2) is 21.7 Å². The van der Waals surface area contributed by atoms with Gasteiger partial charge in [0, 0.05) is 17.0 Å². The first-order valence-corrected chi connectivity index (χ1v) is 10.8. The molecule has 1 fully saturated rings. The third-order valence-corrected chi connectivity index (χ3v) is 6.27. The average molecular weight is 404 g/mol. The second-order valence-corrected chi connectivity index (χ2v) is 8.61. The SMILES string of the molecule is Cc1ccc(C)c(-c2nn(CC(=O)NC3CCCCC3C)c(=O)c3ccccc23)c1. The highest BCUT2D eigenvalue weighted by Gasteiger charge is 2.23. The Morgan fingerprint density at radius 2 is 1.83 bits per heavy atom. The first-order chi connectivity index (χ1) is 14.4. The molecule has 0 saturated heterocycles. The molecule has 3 aromatic rings. The fraction of sp³-hybridized carbons (Fsp3) is 0.400. The van der Waals surface area contributed by atoms with Crippen LogP contribution in [-0.2, 0) is 11.3 Å². The van der Waals surface area contributed by atoms with Crippen LogP contribution in [0.3, 0.4) is 0 Å². The van der Waals surface area contributed by atoms with Gasteiger partial charge in [-0.15, -0.1) is 0 Å². The standard InChI is InChI=1S/C25H29N3O2/c1-16-12-13-17(2)21(14-16)24-19-9-5-6-10-20(19)25(30)28(27-24)15-23(29)26-22-11-7-4-8-18(22)3/h5-6,9-10,12-14,18,22H,4,7-8,11,15H2,1-3H3,(H,26,29). The van der Waals surface area contributed by atoms with Crippen molar-refractivity contribution in [3.8, 4) is 11.3 Å². The van der Waals surface area contributed by atoms with Crippen molar-refractivity contribution >= 4 is 16.7 Å². The summed E-state index contributed by atoms with van der Waals surface area (Å²) >= 11 is 0. The number of amides is 1. The zero-order valence-corrected chi connectivity index (χ0v) is 17.9. The highest BCUT2D eigenvalue weighted by Crippen LogP contribution is 2.28. The Kier molecular flexibility index (Phi) is 5.71. The lowest BCUT2D eigenvalue weighted by molar-refractivity contribution is -0.123. The molecule has 2 atom stereocenters. The Labute approximate surface area is 177 Å². The highest BCUT2D eigenvalue weighted by molar-refractivity contribution is 5.94. The molecule has 30 heavy (non-hydrogen) atoms. The predicted molar refractivity (Wildman–Crippen MR) is 120 cm³/mol. The van der Waals surface area contributed by atoms with Crippen LogP contribution < -0.4 is 10.9 Å². The average Bonchev–Trinajstić information content (AvgIpc) is 2.74. The van der Waals surface area contributed by atoms with Gasteiger partial charge in [-0.25, -0.2) is 4.68 Å². The third kappa shape index (κ3) is 4.02. The number of aryl methyl sites for hydroxylation is 2. The van der Waals surface area contributed by atoms with Crippen molar-refractivity contribution in [2.24, 2.45) is 5.92 Å². The molecule has 4 rings (SSSR count). The van der Waals surface area contributed by atoms with Crippen molar-refractivity contribution in [2.45, 2.75) is 59.0 Å². The molecule has 5 nitrogen and oxygen atoms in total. The second-order valence-electron chi connectivity index (χ2n) is 8.61. The number of carbonyl (C=O) groups is 1. The molecule has 1 heterocycles. The molecule has 1 aliphatic carbocycles. The van der Waals surface area contributed by atoms with Crippen LogP contribution in [0.2, 0.25) is 0 Å². The Balaban J connectivity index is 1.73. The lowest BCUT2D eigenvalue weighted by Crippen LogP contribution is -2.43. The van der Waals surface area contributed by atoms with Gasteiger partial charge in [0.25, 0.3) is 5.56 Å². The number of rotatable bonds is 4. The summed E-state index contributed by atoms with van der Waals surface area (Å²) in [6.07, 6.45) is 4.50. The zero-order chi connectivity index (χ0) is 21.3. The summed E-state index contributed by atoms with van der Waals surface area (Å²) in [6, 6.07) is 13.9. The Morgan fingerprint density at radius 3 is 2.60 bits per heavy atom. The molecule has 1 aromatic heterocycles. The molecular weight excluding hydrogens is 374 g/mol. The maximum Gasteiger partial charge on any atom is 0.275 e. The van der Waals surface area contributed by atoms with E-state index in [1.54, 1.807) is 0 Å². The number of fused-ring (bicyclic) bond motifs is 1. The molecular formula is C25H29N3O2. The van der Waals surface area contributed by atoms with Gasteiger partial charge in [0.1, 0.15) is 6.54 Å². The summed E-state index contributed by atoms with van der Waals surface area (Å²) in [6.45, 7) is 6.20. The molecule has 0 aliphatic heterocycles. The van der Waals surface area contributed by atoms with Crippen LogP contribution in [0, 0.1) is 19.8 Å². The molecule has 0 spiro atoms. The second kappa shape index (κ2) is 8.42. The predicted octanol–water partition coefficient (Wildman–Crippen LogP) is 4.38. The smallest absolute Gasteiger partial charge is 0.275 e. The van der Waals surface area contributed by atoms with Gasteiger partial charge in [-0.1, -0.05) is 55.7 Å². The fourth-order valence-corrected chi connectivity index (χ4v) is 4.45. The molecule has 2 unspecified atom stereocenters. The summed E-state index contributed by atoms with van der Waals surface area (Å²) in [7, 11) is 0. The van der Waals surface area contributed by atoms with E-state index in [1.165, 1.54) is 11.1 Å². The van der Waals surface area contributed by atoms with Crippen LogP contribution in [0.15, 0.2) is 47.3 Å². The van der Waals surface area contributed by atoms with E-state index in [0.717, 1.165) is 47.0 Å². The van der Waals surface area contributed by atoms with Gasteiger partial charge in [-0.2, -0.15) is 5.10 Å². The summed E-state index contributed by atoms with van der Waals surface area (Å²) in [5.74, 6) is 0.319. The van der Waals surface area contributed by atoms with E-state index in [4.69, 9.17) is 0 Å². The van der Waals surface area contributed by atoms with Crippen molar-refractivity contribution in [3.63, 3.8) is 0 Å². The van der Waals surface area contributed by atoms with Crippen molar-refractivity contribution in [2.75, 3.05) is 0 Å². The van der Waals surface area contributed by atoms with Crippen LogP contribution >= 0.6 is 0 Å². The van der Waals surface area contributed by atoms with Crippen molar-refractivity contribution in [1.29, 1.82) is 0 Å². The number of nitrogens with one attached hydrogen (secondary N) is 1. The van der Waals surface area contributed by atoms with Crippen LogP contribution in [0.4, 0.5) is 0 Å². The number of nitrogens with zero attached hydrogens (tertiary/aromatic N) is 2. The minimum Gasteiger partial charge on any atom is -0.351 e. The Bertz CT molecular complexity index is 1150. The number of aromatic nitrogens is 2. The summed E-state index contributed by atoms with van der Waals surface area (Å²) < 4.78 is 1.32. The number of benzene rings is 2. The number of hydrogen-bond acceptors (Lipinski definition) is 3. The quantitative estimate of drug-likeness (QED) is 0.703. The minimum absolute atomic E-state index is 0.0647. The molecule has 5 heteroatoms. The molecule has 1 saturated carbocycles. The lowest BCUT2D eigenvalue weighted by atomic mass is 9.86. The van der Waals surface area contributed by atoms with Crippen LogP contribution in [0.25, 0.3) is 22.0 Å². The van der Waals surface area contributed by atoms with Gasteiger partial charge < -0.3 is 5.32 Å². The fourth-order valence-electron chi connectivity index (χ4n) is 4.45. The normalized spacial score (nSPS) is 19.0. The minimum atomic E-state index is -0.230. The van der Waals surface area contributed by atoms with Crippen molar-refractivity contribution < 1.29 is 4.79 Å². The molecule has 2 aromatic carbocycles. The summed E-state index contributed by atoms with van der Waals surface area (Å²) in [4.78, 5) is 25.8. The van der Waals surface area contributed by atoms with E-state index < -0.39 is 0 Å².